The van der Waals surface area contributed by atoms with Crippen LogP contribution in [0.3, 0.4) is 0 Å². The monoisotopic (exact) mass is 376 g/mol. The molecule has 4 rings (SSSR count). The van der Waals surface area contributed by atoms with Gasteiger partial charge in [0.2, 0.25) is 0 Å². The first-order chi connectivity index (χ1) is 13.7. The zero-order valence-corrected chi connectivity index (χ0v) is 15.3. The van der Waals surface area contributed by atoms with Gasteiger partial charge in [0.1, 0.15) is 6.61 Å². The lowest BCUT2D eigenvalue weighted by Gasteiger charge is -2.29. The summed E-state index contributed by atoms with van der Waals surface area (Å²) in [7, 11) is 0. The first-order valence-electron chi connectivity index (χ1n) is 9.17. The molecule has 0 atom stereocenters. The average Bonchev–Trinajstić information content (AvgIpc) is 3.27. The van der Waals surface area contributed by atoms with Gasteiger partial charge in [-0.15, -0.1) is 0 Å². The van der Waals surface area contributed by atoms with Gasteiger partial charge in [-0.05, 0) is 48.2 Å². The van der Waals surface area contributed by atoms with E-state index in [1.54, 1.807) is 23.1 Å². The topological polar surface area (TPSA) is 71.8 Å². The maximum absolute atomic E-state index is 12.7. The summed E-state index contributed by atoms with van der Waals surface area (Å²) in [4.78, 5) is 26.6. The van der Waals surface area contributed by atoms with Crippen LogP contribution in [0.2, 0.25) is 0 Å². The van der Waals surface area contributed by atoms with E-state index in [-0.39, 0.29) is 12.5 Å². The quantitative estimate of drug-likeness (QED) is 0.721. The Morgan fingerprint density at radius 2 is 1.93 bits per heavy atom. The number of carbonyl (C=O) groups excluding carboxylic acids is 2. The summed E-state index contributed by atoms with van der Waals surface area (Å²) in [5, 5.41) is 2.73. The summed E-state index contributed by atoms with van der Waals surface area (Å²) in [6, 6.07) is 18.4. The average molecular weight is 376 g/mol. The van der Waals surface area contributed by atoms with Gasteiger partial charge < -0.3 is 14.1 Å². The second-order valence-corrected chi connectivity index (χ2v) is 6.57. The SMILES string of the molecule is O=C(Nc1ccc2c(c1)N(C(=O)c1ccco1)CCC2)OCc1ccccc1. The van der Waals surface area contributed by atoms with Crippen molar-refractivity contribution in [2.45, 2.75) is 19.4 Å². The van der Waals surface area contributed by atoms with Crippen molar-refractivity contribution in [1.82, 2.24) is 0 Å². The van der Waals surface area contributed by atoms with Crippen molar-refractivity contribution in [3.63, 3.8) is 0 Å². The predicted octanol–water partition coefficient (Wildman–Crippen LogP) is 4.62. The Morgan fingerprint density at radius 1 is 1.07 bits per heavy atom. The van der Waals surface area contributed by atoms with Gasteiger partial charge in [-0.2, -0.15) is 0 Å². The van der Waals surface area contributed by atoms with E-state index in [1.807, 2.05) is 42.5 Å². The molecule has 0 spiro atoms. The van der Waals surface area contributed by atoms with Crippen molar-refractivity contribution < 1.29 is 18.7 Å². The first-order valence-corrected chi connectivity index (χ1v) is 9.17. The number of fused-ring (bicyclic) bond motifs is 1. The van der Waals surface area contributed by atoms with E-state index in [0.717, 1.165) is 29.7 Å². The van der Waals surface area contributed by atoms with Crippen LogP contribution in [0.25, 0.3) is 0 Å². The number of anilines is 2. The lowest BCUT2D eigenvalue weighted by Crippen LogP contribution is -2.35. The first kappa shape index (κ1) is 17.9. The summed E-state index contributed by atoms with van der Waals surface area (Å²) >= 11 is 0. The largest absolute Gasteiger partial charge is 0.459 e. The molecular weight excluding hydrogens is 356 g/mol. The molecule has 28 heavy (non-hydrogen) atoms. The number of nitrogens with zero attached hydrogens (tertiary/aromatic N) is 1. The summed E-state index contributed by atoms with van der Waals surface area (Å²) in [6.45, 7) is 0.801. The van der Waals surface area contributed by atoms with E-state index in [4.69, 9.17) is 9.15 Å². The van der Waals surface area contributed by atoms with Crippen molar-refractivity contribution in [3.05, 3.63) is 83.8 Å². The van der Waals surface area contributed by atoms with Crippen LogP contribution in [0.5, 0.6) is 0 Å². The molecule has 6 heteroatoms. The molecule has 0 bridgehead atoms. The highest BCUT2D eigenvalue weighted by molar-refractivity contribution is 6.05. The molecule has 0 unspecified atom stereocenters. The number of hydrogen-bond donors (Lipinski definition) is 1. The van der Waals surface area contributed by atoms with Crippen LogP contribution in [0.4, 0.5) is 16.2 Å². The molecule has 2 aromatic carbocycles. The van der Waals surface area contributed by atoms with Crippen molar-refractivity contribution in [2.75, 3.05) is 16.8 Å². The summed E-state index contributed by atoms with van der Waals surface area (Å²) in [6.07, 6.45) is 2.71. The second kappa shape index (κ2) is 8.00. The van der Waals surface area contributed by atoms with Crippen LogP contribution < -0.4 is 10.2 Å². The van der Waals surface area contributed by atoms with E-state index in [2.05, 4.69) is 5.32 Å². The summed E-state index contributed by atoms with van der Waals surface area (Å²) in [5.41, 5.74) is 3.34. The van der Waals surface area contributed by atoms with Crippen molar-refractivity contribution in [3.8, 4) is 0 Å². The summed E-state index contributed by atoms with van der Waals surface area (Å²) < 4.78 is 10.5. The van der Waals surface area contributed by atoms with Crippen LogP contribution in [-0.2, 0) is 17.8 Å². The molecule has 142 valence electrons. The number of amides is 2. The Hall–Kier alpha value is -3.54. The molecule has 0 fully saturated rings. The standard InChI is InChI=1S/C22H20N2O4/c25-21(20-9-5-13-27-20)24-12-4-8-17-10-11-18(14-19(17)24)23-22(26)28-15-16-6-2-1-3-7-16/h1-3,5-7,9-11,13-14H,4,8,12,15H2,(H,23,26). The Labute approximate surface area is 162 Å². The fourth-order valence-electron chi connectivity index (χ4n) is 3.27. The molecule has 1 N–H and O–H groups in total. The molecule has 0 radical (unpaired) electrons. The third-order valence-electron chi connectivity index (χ3n) is 4.64. The van der Waals surface area contributed by atoms with Gasteiger partial charge in [-0.1, -0.05) is 36.4 Å². The van der Waals surface area contributed by atoms with Gasteiger partial charge in [0.05, 0.1) is 6.26 Å². The van der Waals surface area contributed by atoms with Crippen molar-refractivity contribution >= 4 is 23.4 Å². The van der Waals surface area contributed by atoms with Crippen LogP contribution in [0.15, 0.2) is 71.3 Å². The zero-order valence-electron chi connectivity index (χ0n) is 15.3. The fourth-order valence-corrected chi connectivity index (χ4v) is 3.27. The molecule has 1 aromatic heterocycles. The highest BCUT2D eigenvalue weighted by atomic mass is 16.5. The number of benzene rings is 2. The minimum Gasteiger partial charge on any atom is -0.459 e. The Kier molecular flexibility index (Phi) is 5.10. The van der Waals surface area contributed by atoms with Crippen LogP contribution in [0.1, 0.15) is 28.1 Å². The maximum Gasteiger partial charge on any atom is 0.411 e. The van der Waals surface area contributed by atoms with Crippen LogP contribution >= 0.6 is 0 Å². The second-order valence-electron chi connectivity index (χ2n) is 6.57. The van der Waals surface area contributed by atoms with E-state index >= 15 is 0 Å². The molecule has 0 saturated heterocycles. The van der Waals surface area contributed by atoms with E-state index < -0.39 is 6.09 Å². The van der Waals surface area contributed by atoms with Crippen molar-refractivity contribution in [2.24, 2.45) is 0 Å². The number of ether oxygens (including phenoxy) is 1. The molecule has 1 aliphatic heterocycles. The molecule has 0 saturated carbocycles. The number of aryl methyl sites for hydroxylation is 1. The van der Waals surface area contributed by atoms with Gasteiger partial charge in [0.25, 0.3) is 5.91 Å². The Balaban J connectivity index is 1.47. The van der Waals surface area contributed by atoms with E-state index in [1.165, 1.54) is 6.26 Å². The molecule has 3 aromatic rings. The fraction of sp³-hybridized carbons (Fsp3) is 0.182. The lowest BCUT2D eigenvalue weighted by atomic mass is 10.0. The van der Waals surface area contributed by atoms with Gasteiger partial charge >= 0.3 is 6.09 Å². The molecule has 2 amide bonds. The van der Waals surface area contributed by atoms with Gasteiger partial charge in [-0.3, -0.25) is 10.1 Å². The number of carbonyl (C=O) groups is 2. The number of nitrogens with one attached hydrogen (secondary N) is 1. The lowest BCUT2D eigenvalue weighted by molar-refractivity contribution is 0.0958. The molecule has 1 aliphatic rings. The smallest absolute Gasteiger partial charge is 0.411 e. The predicted molar refractivity (Wildman–Crippen MR) is 105 cm³/mol. The third kappa shape index (κ3) is 3.91. The normalized spacial score (nSPS) is 12.9. The highest BCUT2D eigenvalue weighted by Crippen LogP contribution is 2.31. The third-order valence-corrected chi connectivity index (χ3v) is 4.64. The van der Waals surface area contributed by atoms with Crippen LogP contribution in [-0.4, -0.2) is 18.5 Å². The molecule has 6 nitrogen and oxygen atoms in total. The van der Waals surface area contributed by atoms with Crippen molar-refractivity contribution in [1.29, 1.82) is 0 Å². The molecule has 0 aliphatic carbocycles. The Bertz CT molecular complexity index is 967. The number of rotatable bonds is 4. The van der Waals surface area contributed by atoms with Crippen LogP contribution in [0, 0.1) is 0 Å². The van der Waals surface area contributed by atoms with Gasteiger partial charge in [0.15, 0.2) is 5.76 Å². The molecule has 2 heterocycles. The highest BCUT2D eigenvalue weighted by Gasteiger charge is 2.25. The number of hydrogen-bond acceptors (Lipinski definition) is 4. The minimum absolute atomic E-state index is 0.185. The zero-order chi connectivity index (χ0) is 19.3. The van der Waals surface area contributed by atoms with Gasteiger partial charge in [-0.25, -0.2) is 4.79 Å². The number of furan rings is 1. The van der Waals surface area contributed by atoms with Gasteiger partial charge in [0, 0.05) is 17.9 Å². The maximum atomic E-state index is 12.7. The summed E-state index contributed by atoms with van der Waals surface area (Å²) in [5.74, 6) is 0.114. The Morgan fingerprint density at radius 3 is 2.71 bits per heavy atom. The van der Waals surface area contributed by atoms with E-state index in [0.29, 0.717) is 18.0 Å². The van der Waals surface area contributed by atoms with E-state index in [9.17, 15) is 9.59 Å². The minimum atomic E-state index is -0.538. The molecular formula is C22H20N2O4.